The molecule has 10 atom stereocenters. The van der Waals surface area contributed by atoms with Crippen molar-refractivity contribution in [3.63, 3.8) is 0 Å². The predicted molar refractivity (Wildman–Crippen MR) is 313 cm³/mol. The monoisotopic (exact) mass is 1130 g/mol. The quantitative estimate of drug-likeness (QED) is 0.0361. The van der Waals surface area contributed by atoms with Crippen LogP contribution in [0.4, 0.5) is 0 Å². The van der Waals surface area contributed by atoms with Crippen LogP contribution < -0.4 is 21.3 Å². The van der Waals surface area contributed by atoms with Crippen molar-refractivity contribution in [2.75, 3.05) is 11.5 Å². The minimum atomic E-state index is -3.93. The number of hydrogen-bond acceptors (Lipinski definition) is 12. The predicted octanol–water partition coefficient (Wildman–Crippen LogP) is 5.35. The van der Waals surface area contributed by atoms with Gasteiger partial charge in [-0.1, -0.05) is 146 Å². The Kier molecular flexibility index (Phi) is 21.0. The van der Waals surface area contributed by atoms with Crippen molar-refractivity contribution in [1.29, 1.82) is 0 Å². The maximum atomic E-state index is 14.6. The number of amides is 4. The number of sulfone groups is 2. The number of aliphatic hydroxyl groups is 4. The summed E-state index contributed by atoms with van der Waals surface area (Å²) in [5.74, 6) is -7.22. The smallest absolute Gasteiger partial charge is 0.245 e. The average Bonchev–Trinajstić information content (AvgIpc) is 3.40. The third-order valence-corrected chi connectivity index (χ3v) is 20.1. The zero-order valence-corrected chi connectivity index (χ0v) is 48.4. The molecule has 430 valence electrons. The fourth-order valence-electron chi connectivity index (χ4n) is 9.58. The Bertz CT molecular complexity index is 3080. The Morgan fingerprint density at radius 3 is 1.05 bits per heavy atom. The van der Waals surface area contributed by atoms with Crippen LogP contribution in [0.1, 0.15) is 77.6 Å². The first-order valence-electron chi connectivity index (χ1n) is 27.0. The lowest BCUT2D eigenvalue weighted by Crippen LogP contribution is -2.63. The fraction of sp³-hybridized carbons (Fsp3) is 0.419. The molecule has 0 aliphatic heterocycles. The van der Waals surface area contributed by atoms with Crippen LogP contribution in [0.5, 0.6) is 0 Å². The number of carbonyl (C=O) groups excluding carboxylic acids is 4. The number of nitrogens with one attached hydrogen (secondary N) is 4. The molecule has 0 saturated carbocycles. The largest absolute Gasteiger partial charge is 0.391 e. The number of aliphatic hydroxyl groups excluding tert-OH is 4. The van der Waals surface area contributed by atoms with Gasteiger partial charge in [-0.05, 0) is 125 Å². The van der Waals surface area contributed by atoms with Gasteiger partial charge in [-0.25, -0.2) is 16.8 Å². The van der Waals surface area contributed by atoms with Crippen LogP contribution >= 0.6 is 0 Å². The van der Waals surface area contributed by atoms with E-state index >= 15 is 0 Å². The molecule has 16 nitrogen and oxygen atoms in total. The highest BCUT2D eigenvalue weighted by molar-refractivity contribution is 7.93. The summed E-state index contributed by atoms with van der Waals surface area (Å²) in [5.41, 5.74) is 2.57. The number of fused-ring (bicyclic) bond motifs is 2. The van der Waals surface area contributed by atoms with Gasteiger partial charge in [0.1, 0.15) is 24.3 Å². The maximum Gasteiger partial charge on any atom is 0.245 e. The van der Waals surface area contributed by atoms with Crippen LogP contribution in [-0.2, 0) is 64.5 Å². The lowest BCUT2D eigenvalue weighted by molar-refractivity contribution is -0.135. The van der Waals surface area contributed by atoms with Gasteiger partial charge in [0.15, 0.2) is 19.7 Å². The zero-order valence-electron chi connectivity index (χ0n) is 46.7. The third-order valence-electron chi connectivity index (χ3n) is 14.7. The Morgan fingerprint density at radius 1 is 0.412 bits per heavy atom. The molecule has 8 N–H and O–H groups in total. The van der Waals surface area contributed by atoms with E-state index in [1.807, 2.05) is 60.7 Å². The second-order valence-electron chi connectivity index (χ2n) is 22.9. The van der Waals surface area contributed by atoms with Crippen molar-refractivity contribution in [3.05, 3.63) is 168 Å². The highest BCUT2D eigenvalue weighted by atomic mass is 32.2. The summed E-state index contributed by atoms with van der Waals surface area (Å²) in [7, 11) is -7.85. The SMILES string of the molecule is CC(O)[C@H](NC(=O)[C@H](Cc1cccc2ccccc12)CS(=O)(=O)C(C)(C)C)C(=O)N[C@@H](Cc1ccccc1)[C@@H](O)[C@H](O)[C@H](Cc1ccccc1)NC(=O)[C@@H](NC(=O)[C@H](Cc1cccc2ccccc12)CS(=O)(=O)C(C)(C)C)C(C)O. The van der Waals surface area contributed by atoms with Crippen LogP contribution in [-0.4, -0.2) is 130 Å². The molecular weight excluding hydrogens is 1060 g/mol. The lowest BCUT2D eigenvalue weighted by atomic mass is 9.90. The highest BCUT2D eigenvalue weighted by Crippen LogP contribution is 2.28. The van der Waals surface area contributed by atoms with Crippen LogP contribution in [0.2, 0.25) is 0 Å². The second kappa shape index (κ2) is 26.8. The van der Waals surface area contributed by atoms with Crippen LogP contribution in [0.25, 0.3) is 21.5 Å². The van der Waals surface area contributed by atoms with Gasteiger partial charge < -0.3 is 41.7 Å². The summed E-state index contributed by atoms with van der Waals surface area (Å²) in [5, 5.41) is 61.1. The molecule has 6 aromatic carbocycles. The van der Waals surface area contributed by atoms with Crippen molar-refractivity contribution in [3.8, 4) is 0 Å². The number of hydrogen-bond donors (Lipinski definition) is 8. The number of benzene rings is 6. The van der Waals surface area contributed by atoms with Gasteiger partial charge in [-0.2, -0.15) is 0 Å². The van der Waals surface area contributed by atoms with E-state index in [0.29, 0.717) is 22.3 Å². The number of rotatable bonds is 25. The van der Waals surface area contributed by atoms with Crippen molar-refractivity contribution in [2.45, 2.75) is 139 Å². The van der Waals surface area contributed by atoms with Gasteiger partial charge >= 0.3 is 0 Å². The fourth-order valence-corrected chi connectivity index (χ4v) is 12.2. The second-order valence-corrected chi connectivity index (χ2v) is 28.5. The topological polar surface area (TPSA) is 266 Å². The molecule has 0 radical (unpaired) electrons. The van der Waals surface area contributed by atoms with E-state index in [1.165, 1.54) is 55.4 Å². The maximum absolute atomic E-state index is 14.6. The first-order valence-corrected chi connectivity index (χ1v) is 30.3. The van der Waals surface area contributed by atoms with Gasteiger partial charge in [0.25, 0.3) is 0 Å². The average molecular weight is 1140 g/mol. The molecule has 0 aliphatic carbocycles. The minimum absolute atomic E-state index is 0.0306. The normalized spacial score (nSPS) is 16.2. The van der Waals surface area contributed by atoms with E-state index in [-0.39, 0.29) is 25.7 Å². The summed E-state index contributed by atoms with van der Waals surface area (Å²) in [4.78, 5) is 58.0. The van der Waals surface area contributed by atoms with E-state index in [2.05, 4.69) is 21.3 Å². The van der Waals surface area contributed by atoms with Gasteiger partial charge in [0, 0.05) is 0 Å². The summed E-state index contributed by atoms with van der Waals surface area (Å²) in [6.45, 7) is 11.7. The van der Waals surface area contributed by atoms with Crippen molar-refractivity contribution in [2.24, 2.45) is 11.8 Å². The van der Waals surface area contributed by atoms with Crippen molar-refractivity contribution >= 4 is 64.8 Å². The summed E-state index contributed by atoms with van der Waals surface area (Å²) < 4.78 is 52.5. The summed E-state index contributed by atoms with van der Waals surface area (Å²) >= 11 is 0. The standard InChI is InChI=1S/C62H78N4O12S2/c1-39(67)53(65-57(71)47(37-79(75,76)61(3,4)5)35-45-29-19-27-43-25-15-17-31-49(43)45)59(73)63-51(33-41-21-11-9-12-22-41)55(69)56(70)52(34-42-23-13-10-14-24-42)64-60(74)54(40(2)68)66-58(72)48(38-80(77,78)62(6,7)8)36-46-30-20-28-44-26-16-18-32-50(44)46/h9-32,39-40,47-48,51-56,67-70H,33-38H2,1-8H3,(H,63,73)(H,64,74)(H,65,71)(H,66,72)/t39?,40?,47-,48-,51+,52+,53+,54+,55-,56-/m1/s1. The van der Waals surface area contributed by atoms with Gasteiger partial charge in [0.05, 0.1) is 57.1 Å². The molecule has 0 fully saturated rings. The first-order chi connectivity index (χ1) is 37.6. The van der Waals surface area contributed by atoms with Gasteiger partial charge in [-0.3, -0.25) is 19.2 Å². The van der Waals surface area contributed by atoms with E-state index < -0.39 is 125 Å². The molecule has 2 unspecified atom stereocenters. The first kappa shape index (κ1) is 62.7. The van der Waals surface area contributed by atoms with Crippen LogP contribution in [0.3, 0.4) is 0 Å². The molecule has 80 heavy (non-hydrogen) atoms. The molecule has 0 aliphatic rings. The molecule has 4 amide bonds. The molecule has 0 aromatic heterocycles. The highest BCUT2D eigenvalue weighted by Gasteiger charge is 2.41. The summed E-state index contributed by atoms with van der Waals surface area (Å²) in [6, 6.07) is 37.1. The Labute approximate surface area is 470 Å². The van der Waals surface area contributed by atoms with E-state index in [9.17, 15) is 56.4 Å². The van der Waals surface area contributed by atoms with E-state index in [4.69, 9.17) is 0 Å². The Hall–Kier alpha value is -6.54. The molecule has 18 heteroatoms. The summed E-state index contributed by atoms with van der Waals surface area (Å²) in [6.07, 6.45) is -7.22. The van der Waals surface area contributed by atoms with Gasteiger partial charge in [-0.15, -0.1) is 0 Å². The lowest BCUT2D eigenvalue weighted by Gasteiger charge is -2.35. The molecule has 6 aromatic rings. The van der Waals surface area contributed by atoms with Crippen LogP contribution in [0.15, 0.2) is 146 Å². The molecule has 0 bridgehead atoms. The molecule has 6 rings (SSSR count). The van der Waals surface area contributed by atoms with E-state index in [0.717, 1.165) is 21.5 Å². The van der Waals surface area contributed by atoms with Gasteiger partial charge in [0.2, 0.25) is 23.6 Å². The van der Waals surface area contributed by atoms with Crippen LogP contribution in [0, 0.1) is 11.8 Å². The zero-order chi connectivity index (χ0) is 58.7. The van der Waals surface area contributed by atoms with Crippen molar-refractivity contribution in [1.82, 2.24) is 21.3 Å². The molecule has 0 heterocycles. The molecular formula is C62H78N4O12S2. The molecule has 0 saturated heterocycles. The number of carbonyl (C=O) groups is 4. The molecule has 0 spiro atoms. The Morgan fingerprint density at radius 2 is 0.725 bits per heavy atom. The third kappa shape index (κ3) is 16.3. The Balaban J connectivity index is 1.29. The van der Waals surface area contributed by atoms with E-state index in [1.54, 1.807) is 84.9 Å². The minimum Gasteiger partial charge on any atom is -0.391 e. The van der Waals surface area contributed by atoms with Crippen molar-refractivity contribution < 1.29 is 56.4 Å².